The second kappa shape index (κ2) is 4.07. The van der Waals surface area contributed by atoms with Crippen molar-refractivity contribution in [2.24, 2.45) is 5.92 Å². The molecule has 0 unspecified atom stereocenters. The monoisotopic (exact) mass is 265 g/mol. The van der Waals surface area contributed by atoms with Gasteiger partial charge in [0.1, 0.15) is 0 Å². The van der Waals surface area contributed by atoms with Crippen molar-refractivity contribution in [3.05, 3.63) is 29.8 Å². The Bertz CT molecular complexity index is 561. The van der Waals surface area contributed by atoms with Crippen LogP contribution in [0.3, 0.4) is 0 Å². The van der Waals surface area contributed by atoms with Crippen LogP contribution < -0.4 is 4.72 Å². The highest BCUT2D eigenvalue weighted by atomic mass is 32.2. The van der Waals surface area contributed by atoms with Crippen molar-refractivity contribution in [3.8, 4) is 0 Å². The molecule has 3 rings (SSSR count). The Morgan fingerprint density at radius 3 is 2.56 bits per heavy atom. The maximum atomic E-state index is 12.2. The quantitative estimate of drug-likeness (QED) is 0.848. The van der Waals surface area contributed by atoms with E-state index in [1.54, 1.807) is 12.1 Å². The summed E-state index contributed by atoms with van der Waals surface area (Å²) in [6.07, 6.45) is 5.94. The highest BCUT2D eigenvalue weighted by molar-refractivity contribution is 7.89. The Morgan fingerprint density at radius 1 is 1.17 bits per heavy atom. The molecule has 0 bridgehead atoms. The summed E-state index contributed by atoms with van der Waals surface area (Å²) in [5.74, 6) is 0.421. The van der Waals surface area contributed by atoms with Crippen molar-refractivity contribution in [1.29, 1.82) is 0 Å². The Hall–Kier alpha value is -0.870. The Kier molecular flexibility index (Phi) is 2.75. The van der Waals surface area contributed by atoms with Gasteiger partial charge in [0.2, 0.25) is 10.0 Å². The predicted octanol–water partition coefficient (Wildman–Crippen LogP) is 2.77. The van der Waals surface area contributed by atoms with Crippen molar-refractivity contribution in [1.82, 2.24) is 4.72 Å². The summed E-state index contributed by atoms with van der Waals surface area (Å²) in [4.78, 5) is 0.470. The first kappa shape index (κ1) is 12.2. The SMILES string of the molecule is C[C@@]1(C2CCCCC2)NS(=O)(=O)c2ccccc21. The maximum absolute atomic E-state index is 12.2. The van der Waals surface area contributed by atoms with E-state index in [0.29, 0.717) is 10.8 Å². The second-order valence-electron chi connectivity index (χ2n) is 5.64. The number of fused-ring (bicyclic) bond motifs is 1. The summed E-state index contributed by atoms with van der Waals surface area (Å²) in [6.45, 7) is 2.05. The molecule has 1 atom stereocenters. The third kappa shape index (κ3) is 1.70. The standard InChI is InChI=1S/C14H19NO2S/c1-14(11-7-3-2-4-8-11)12-9-5-6-10-13(12)18(16,17)15-14/h5-6,9-11,15H,2-4,7-8H2,1H3/t14-/m0/s1. The highest BCUT2D eigenvalue weighted by Gasteiger charge is 2.47. The Balaban J connectivity index is 2.09. The van der Waals surface area contributed by atoms with E-state index in [2.05, 4.69) is 4.72 Å². The highest BCUT2D eigenvalue weighted by Crippen LogP contribution is 2.45. The van der Waals surface area contributed by atoms with Crippen LogP contribution in [0.2, 0.25) is 0 Å². The third-order valence-electron chi connectivity index (χ3n) is 4.50. The minimum atomic E-state index is -3.31. The van der Waals surface area contributed by atoms with Gasteiger partial charge in [-0.1, -0.05) is 37.5 Å². The van der Waals surface area contributed by atoms with Crippen LogP contribution in [0.25, 0.3) is 0 Å². The van der Waals surface area contributed by atoms with Gasteiger partial charge in [-0.05, 0) is 37.3 Å². The lowest BCUT2D eigenvalue weighted by Gasteiger charge is -2.36. The van der Waals surface area contributed by atoms with Crippen LogP contribution in [0.1, 0.15) is 44.6 Å². The summed E-state index contributed by atoms with van der Waals surface area (Å²) in [6, 6.07) is 7.40. The zero-order chi connectivity index (χ0) is 12.8. The molecule has 0 saturated heterocycles. The molecule has 0 spiro atoms. The maximum Gasteiger partial charge on any atom is 0.241 e. The fourth-order valence-electron chi connectivity index (χ4n) is 3.50. The van der Waals surface area contributed by atoms with Crippen LogP contribution in [0.5, 0.6) is 0 Å². The molecular formula is C14H19NO2S. The van der Waals surface area contributed by atoms with Crippen LogP contribution >= 0.6 is 0 Å². The fraction of sp³-hybridized carbons (Fsp3) is 0.571. The van der Waals surface area contributed by atoms with Crippen molar-refractivity contribution in [2.75, 3.05) is 0 Å². The van der Waals surface area contributed by atoms with Gasteiger partial charge in [-0.3, -0.25) is 0 Å². The molecule has 18 heavy (non-hydrogen) atoms. The van der Waals surface area contributed by atoms with Gasteiger partial charge < -0.3 is 0 Å². The summed E-state index contributed by atoms with van der Waals surface area (Å²) >= 11 is 0. The van der Waals surface area contributed by atoms with Crippen LogP contribution in [0.4, 0.5) is 0 Å². The molecule has 2 aliphatic rings. The topological polar surface area (TPSA) is 46.2 Å². The van der Waals surface area contributed by atoms with E-state index in [1.165, 1.54) is 19.3 Å². The molecule has 1 fully saturated rings. The van der Waals surface area contributed by atoms with E-state index in [1.807, 2.05) is 19.1 Å². The molecule has 1 N–H and O–H groups in total. The van der Waals surface area contributed by atoms with Crippen LogP contribution in [-0.4, -0.2) is 8.42 Å². The van der Waals surface area contributed by atoms with Crippen molar-refractivity contribution >= 4 is 10.0 Å². The van der Waals surface area contributed by atoms with Gasteiger partial charge >= 0.3 is 0 Å². The van der Waals surface area contributed by atoms with E-state index in [-0.39, 0.29) is 0 Å². The molecule has 98 valence electrons. The van der Waals surface area contributed by atoms with Crippen molar-refractivity contribution in [3.63, 3.8) is 0 Å². The molecule has 1 heterocycles. The van der Waals surface area contributed by atoms with Gasteiger partial charge in [0.15, 0.2) is 0 Å². The fourth-order valence-corrected chi connectivity index (χ4v) is 5.27. The third-order valence-corrected chi connectivity index (χ3v) is 6.13. The zero-order valence-corrected chi connectivity index (χ0v) is 11.5. The van der Waals surface area contributed by atoms with E-state index in [4.69, 9.17) is 0 Å². The molecule has 4 heteroatoms. The van der Waals surface area contributed by atoms with Crippen molar-refractivity contribution in [2.45, 2.75) is 49.5 Å². The number of hydrogen-bond acceptors (Lipinski definition) is 2. The van der Waals surface area contributed by atoms with E-state index < -0.39 is 15.6 Å². The lowest BCUT2D eigenvalue weighted by Crippen LogP contribution is -2.44. The van der Waals surface area contributed by atoms with Crippen LogP contribution in [-0.2, 0) is 15.6 Å². The van der Waals surface area contributed by atoms with Gasteiger partial charge in [-0.2, -0.15) is 0 Å². The molecule has 1 saturated carbocycles. The molecule has 3 nitrogen and oxygen atoms in total. The molecule has 0 radical (unpaired) electrons. The van der Waals surface area contributed by atoms with E-state index >= 15 is 0 Å². The first-order valence-corrected chi connectivity index (χ1v) is 8.16. The van der Waals surface area contributed by atoms with Gasteiger partial charge in [0.25, 0.3) is 0 Å². The minimum absolute atomic E-state index is 0.407. The summed E-state index contributed by atoms with van der Waals surface area (Å²) in [5.41, 5.74) is 0.549. The molecule has 1 aliphatic heterocycles. The molecule has 1 aromatic carbocycles. The first-order valence-electron chi connectivity index (χ1n) is 6.67. The summed E-state index contributed by atoms with van der Waals surface area (Å²) in [5, 5.41) is 0. The Labute approximate surface area is 109 Å². The number of sulfonamides is 1. The zero-order valence-electron chi connectivity index (χ0n) is 10.6. The number of benzene rings is 1. The number of rotatable bonds is 1. The average Bonchev–Trinajstić information content (AvgIpc) is 2.60. The lowest BCUT2D eigenvalue weighted by atomic mass is 9.73. The smallest absolute Gasteiger partial charge is 0.207 e. The summed E-state index contributed by atoms with van der Waals surface area (Å²) < 4.78 is 27.3. The van der Waals surface area contributed by atoms with E-state index in [0.717, 1.165) is 18.4 Å². The van der Waals surface area contributed by atoms with Crippen molar-refractivity contribution < 1.29 is 8.42 Å². The molecule has 0 amide bonds. The first-order chi connectivity index (χ1) is 8.54. The van der Waals surface area contributed by atoms with Gasteiger partial charge in [-0.15, -0.1) is 0 Å². The molecule has 1 aromatic rings. The summed E-state index contributed by atoms with van der Waals surface area (Å²) in [7, 11) is -3.31. The largest absolute Gasteiger partial charge is 0.241 e. The number of hydrogen-bond donors (Lipinski definition) is 1. The van der Waals surface area contributed by atoms with Gasteiger partial charge in [-0.25, -0.2) is 13.1 Å². The molecular weight excluding hydrogens is 246 g/mol. The van der Waals surface area contributed by atoms with Crippen LogP contribution in [0, 0.1) is 5.92 Å². The lowest BCUT2D eigenvalue weighted by molar-refractivity contribution is 0.209. The normalized spacial score (nSPS) is 31.2. The van der Waals surface area contributed by atoms with E-state index in [9.17, 15) is 8.42 Å². The predicted molar refractivity (Wildman–Crippen MR) is 70.7 cm³/mol. The molecule has 0 aromatic heterocycles. The number of nitrogens with one attached hydrogen (secondary N) is 1. The Morgan fingerprint density at radius 2 is 1.83 bits per heavy atom. The molecule has 1 aliphatic carbocycles. The average molecular weight is 265 g/mol. The van der Waals surface area contributed by atoms with Gasteiger partial charge in [0, 0.05) is 0 Å². The second-order valence-corrected chi connectivity index (χ2v) is 7.29. The van der Waals surface area contributed by atoms with Crippen LogP contribution in [0.15, 0.2) is 29.2 Å². The van der Waals surface area contributed by atoms with Gasteiger partial charge in [0.05, 0.1) is 10.4 Å². The minimum Gasteiger partial charge on any atom is -0.207 e.